The van der Waals surface area contributed by atoms with Gasteiger partial charge in [-0.1, -0.05) is 32.0 Å². The van der Waals surface area contributed by atoms with Gasteiger partial charge in [-0.05, 0) is 62.1 Å². The summed E-state index contributed by atoms with van der Waals surface area (Å²) in [4.78, 5) is 23.1. The number of ketones is 1. The topological polar surface area (TPSA) is 72.8 Å². The molecule has 1 aromatic heterocycles. The largest absolute Gasteiger partial charge is 0.341 e. The molecule has 144 valence electrons. The van der Waals surface area contributed by atoms with Crippen molar-refractivity contribution in [1.82, 2.24) is 9.97 Å². The van der Waals surface area contributed by atoms with Crippen LogP contribution in [0.5, 0.6) is 0 Å². The lowest BCUT2D eigenvalue weighted by Crippen LogP contribution is -2.44. The monoisotopic (exact) mass is 374 g/mol. The van der Waals surface area contributed by atoms with Crippen molar-refractivity contribution < 1.29 is 4.79 Å². The highest BCUT2D eigenvalue weighted by molar-refractivity contribution is 6.25. The number of Topliss-reactive ketones (excluding diaryl/α,β-unsaturated/α-hetero) is 1. The molecular formula is C23H26N4O. The number of aryl methyl sites for hydroxylation is 2. The Morgan fingerprint density at radius 1 is 1.11 bits per heavy atom. The standard InChI is InChI=1S/C23H26N4O/c1-5-14-11-15(6-2)13-16(12-14)27-21(24)19(20(28)23(27,3)4)22-25-17-9-7-8-10-18(17)26-22/h7-13,19,24H,5-6H2,1-4H3,(H,25,26). The number of rotatable bonds is 4. The van der Waals surface area contributed by atoms with Gasteiger partial charge in [-0.25, -0.2) is 4.98 Å². The molecule has 1 saturated heterocycles. The molecule has 0 spiro atoms. The Kier molecular flexibility index (Phi) is 4.33. The summed E-state index contributed by atoms with van der Waals surface area (Å²) in [5, 5.41) is 8.90. The van der Waals surface area contributed by atoms with Crippen LogP contribution in [0, 0.1) is 5.41 Å². The number of amidine groups is 1. The Bertz CT molecular complexity index is 1020. The number of H-pyrrole nitrogens is 1. The second-order valence-corrected chi connectivity index (χ2v) is 7.93. The van der Waals surface area contributed by atoms with Crippen molar-refractivity contribution in [2.24, 2.45) is 0 Å². The molecule has 2 aromatic carbocycles. The molecule has 1 fully saturated rings. The van der Waals surface area contributed by atoms with E-state index < -0.39 is 11.5 Å². The van der Waals surface area contributed by atoms with E-state index in [9.17, 15) is 4.79 Å². The summed E-state index contributed by atoms with van der Waals surface area (Å²) in [6.45, 7) is 8.05. The molecule has 0 amide bonds. The quantitative estimate of drug-likeness (QED) is 0.700. The Morgan fingerprint density at radius 2 is 1.75 bits per heavy atom. The molecule has 0 bridgehead atoms. The number of para-hydroxylation sites is 2. The summed E-state index contributed by atoms with van der Waals surface area (Å²) in [6.07, 6.45) is 1.84. The van der Waals surface area contributed by atoms with Crippen LogP contribution in [0.3, 0.4) is 0 Å². The molecule has 5 heteroatoms. The van der Waals surface area contributed by atoms with Gasteiger partial charge in [0, 0.05) is 5.69 Å². The Hall–Kier alpha value is -2.95. The molecule has 0 aliphatic carbocycles. The number of carbonyl (C=O) groups excluding carboxylic acids is 1. The van der Waals surface area contributed by atoms with Crippen LogP contribution in [-0.2, 0) is 17.6 Å². The highest BCUT2D eigenvalue weighted by atomic mass is 16.1. The molecule has 3 aromatic rings. The van der Waals surface area contributed by atoms with Gasteiger partial charge in [0.2, 0.25) is 0 Å². The van der Waals surface area contributed by atoms with Crippen LogP contribution in [0.25, 0.3) is 11.0 Å². The molecule has 5 nitrogen and oxygen atoms in total. The molecule has 2 N–H and O–H groups in total. The first kappa shape index (κ1) is 18.4. The summed E-state index contributed by atoms with van der Waals surface area (Å²) in [7, 11) is 0. The molecule has 1 aliphatic rings. The van der Waals surface area contributed by atoms with Gasteiger partial charge in [0.15, 0.2) is 5.78 Å². The third-order valence-electron chi connectivity index (χ3n) is 5.73. The van der Waals surface area contributed by atoms with Crippen molar-refractivity contribution in [1.29, 1.82) is 5.41 Å². The normalized spacial score (nSPS) is 19.0. The van der Waals surface area contributed by atoms with Gasteiger partial charge < -0.3 is 9.88 Å². The van der Waals surface area contributed by atoms with Gasteiger partial charge in [-0.3, -0.25) is 10.2 Å². The van der Waals surface area contributed by atoms with Crippen molar-refractivity contribution >= 4 is 28.3 Å². The van der Waals surface area contributed by atoms with E-state index in [1.165, 1.54) is 11.1 Å². The van der Waals surface area contributed by atoms with Crippen LogP contribution < -0.4 is 4.90 Å². The second-order valence-electron chi connectivity index (χ2n) is 7.93. The van der Waals surface area contributed by atoms with Crippen LogP contribution in [0.4, 0.5) is 5.69 Å². The van der Waals surface area contributed by atoms with Crippen LogP contribution in [0.2, 0.25) is 0 Å². The van der Waals surface area contributed by atoms with Crippen LogP contribution in [0.15, 0.2) is 42.5 Å². The van der Waals surface area contributed by atoms with Gasteiger partial charge in [-0.15, -0.1) is 0 Å². The zero-order valence-corrected chi connectivity index (χ0v) is 16.8. The number of hydrogen-bond donors (Lipinski definition) is 2. The molecule has 1 atom stereocenters. The third-order valence-corrected chi connectivity index (χ3v) is 5.73. The number of fused-ring (bicyclic) bond motifs is 1. The number of nitrogens with one attached hydrogen (secondary N) is 2. The number of hydrogen-bond acceptors (Lipinski definition) is 3. The zero-order chi connectivity index (χ0) is 20.1. The van der Waals surface area contributed by atoms with E-state index in [-0.39, 0.29) is 11.6 Å². The van der Waals surface area contributed by atoms with Gasteiger partial charge >= 0.3 is 0 Å². The van der Waals surface area contributed by atoms with E-state index in [0.29, 0.717) is 5.82 Å². The second kappa shape index (κ2) is 6.59. The minimum Gasteiger partial charge on any atom is -0.341 e. The molecule has 2 heterocycles. The molecule has 1 aliphatic heterocycles. The van der Waals surface area contributed by atoms with Gasteiger partial charge in [0.1, 0.15) is 23.1 Å². The predicted molar refractivity (Wildman–Crippen MR) is 113 cm³/mol. The number of anilines is 1. The van der Waals surface area contributed by atoms with Crippen LogP contribution in [0.1, 0.15) is 50.6 Å². The average Bonchev–Trinajstić information content (AvgIpc) is 3.17. The van der Waals surface area contributed by atoms with E-state index in [1.807, 2.05) is 43.0 Å². The minimum absolute atomic E-state index is 0.00324. The number of aromatic nitrogens is 2. The number of carbonyl (C=O) groups is 1. The number of imidazole rings is 1. The Morgan fingerprint density at radius 3 is 2.36 bits per heavy atom. The fourth-order valence-electron chi connectivity index (χ4n) is 4.12. The number of nitrogens with zero attached hydrogens (tertiary/aromatic N) is 2. The number of benzene rings is 2. The number of aromatic amines is 1. The van der Waals surface area contributed by atoms with Crippen molar-refractivity contribution in [3.05, 3.63) is 59.4 Å². The Labute approximate surface area is 165 Å². The van der Waals surface area contributed by atoms with Crippen molar-refractivity contribution in [3.8, 4) is 0 Å². The highest BCUT2D eigenvalue weighted by Crippen LogP contribution is 2.40. The first-order valence-electron chi connectivity index (χ1n) is 9.87. The summed E-state index contributed by atoms with van der Waals surface area (Å²) in [6, 6.07) is 14.1. The first-order valence-corrected chi connectivity index (χ1v) is 9.87. The van der Waals surface area contributed by atoms with Crippen molar-refractivity contribution in [2.75, 3.05) is 4.90 Å². The fraction of sp³-hybridized carbons (Fsp3) is 0.348. The SMILES string of the molecule is CCc1cc(CC)cc(N2C(=N)C(c3nc4ccccc4[nH]3)C(=O)C2(C)C)c1. The highest BCUT2D eigenvalue weighted by Gasteiger charge is 2.52. The smallest absolute Gasteiger partial charge is 0.176 e. The van der Waals surface area contributed by atoms with Gasteiger partial charge in [0.25, 0.3) is 0 Å². The van der Waals surface area contributed by atoms with E-state index in [0.717, 1.165) is 29.6 Å². The predicted octanol–water partition coefficient (Wildman–Crippen LogP) is 4.62. The minimum atomic E-state index is -0.807. The van der Waals surface area contributed by atoms with Crippen LogP contribution >= 0.6 is 0 Å². The fourth-order valence-corrected chi connectivity index (χ4v) is 4.12. The molecule has 0 saturated carbocycles. The lowest BCUT2D eigenvalue weighted by atomic mass is 9.93. The zero-order valence-electron chi connectivity index (χ0n) is 16.8. The molecule has 4 rings (SSSR count). The average molecular weight is 374 g/mol. The summed E-state index contributed by atoms with van der Waals surface area (Å²) < 4.78 is 0. The van der Waals surface area contributed by atoms with E-state index in [2.05, 4.69) is 42.0 Å². The maximum absolute atomic E-state index is 13.4. The summed E-state index contributed by atoms with van der Waals surface area (Å²) >= 11 is 0. The Balaban J connectivity index is 1.82. The van der Waals surface area contributed by atoms with E-state index >= 15 is 0 Å². The maximum atomic E-state index is 13.4. The van der Waals surface area contributed by atoms with E-state index in [4.69, 9.17) is 5.41 Å². The lowest BCUT2D eigenvalue weighted by molar-refractivity contribution is -0.121. The van der Waals surface area contributed by atoms with E-state index in [1.54, 1.807) is 0 Å². The van der Waals surface area contributed by atoms with Gasteiger partial charge in [-0.2, -0.15) is 0 Å². The van der Waals surface area contributed by atoms with Crippen LogP contribution in [-0.4, -0.2) is 27.1 Å². The molecule has 0 radical (unpaired) electrons. The third kappa shape index (κ3) is 2.73. The van der Waals surface area contributed by atoms with Gasteiger partial charge in [0.05, 0.1) is 11.0 Å². The lowest BCUT2D eigenvalue weighted by Gasteiger charge is -2.32. The molecule has 1 unspecified atom stereocenters. The summed E-state index contributed by atoms with van der Waals surface area (Å²) in [5.74, 6) is 0.146. The summed E-state index contributed by atoms with van der Waals surface area (Å²) in [5.41, 5.74) is 4.25. The maximum Gasteiger partial charge on any atom is 0.176 e. The molecule has 28 heavy (non-hydrogen) atoms. The van der Waals surface area contributed by atoms with Crippen molar-refractivity contribution in [2.45, 2.75) is 52.0 Å². The molecular weight excluding hydrogens is 348 g/mol. The van der Waals surface area contributed by atoms with Crippen molar-refractivity contribution in [3.63, 3.8) is 0 Å². The first-order chi connectivity index (χ1) is 13.4.